The van der Waals surface area contributed by atoms with Crippen molar-refractivity contribution in [3.05, 3.63) is 35.4 Å². The van der Waals surface area contributed by atoms with E-state index in [2.05, 4.69) is 58.9 Å². The minimum atomic E-state index is 0.322. The lowest BCUT2D eigenvalue weighted by atomic mass is 10.1. The van der Waals surface area contributed by atoms with Gasteiger partial charge in [-0.1, -0.05) is 40.2 Å². The summed E-state index contributed by atoms with van der Waals surface area (Å²) in [5.74, 6) is 0. The lowest BCUT2D eigenvalue weighted by Gasteiger charge is -2.36. The number of alkyl halides is 1. The van der Waals surface area contributed by atoms with E-state index in [0.29, 0.717) is 12.2 Å². The maximum atomic E-state index is 5.85. The average molecular weight is 298 g/mol. The predicted octanol–water partition coefficient (Wildman–Crippen LogP) is 2.98. The first-order chi connectivity index (χ1) is 8.19. The van der Waals surface area contributed by atoms with Crippen LogP contribution < -0.4 is 0 Å². The molecule has 0 radical (unpaired) electrons. The predicted molar refractivity (Wildman–Crippen MR) is 74.6 cm³/mol. The first-order valence-corrected chi connectivity index (χ1v) is 7.29. The van der Waals surface area contributed by atoms with Gasteiger partial charge in [-0.2, -0.15) is 0 Å². The van der Waals surface area contributed by atoms with Crippen LogP contribution in [0, 0.1) is 6.92 Å². The van der Waals surface area contributed by atoms with Gasteiger partial charge < -0.3 is 4.74 Å². The molecule has 1 aliphatic heterocycles. The smallest absolute Gasteiger partial charge is 0.0802 e. The Bertz CT molecular complexity index is 369. The molecule has 0 amide bonds. The Hall–Kier alpha value is -0.380. The number of aryl methyl sites for hydroxylation is 1. The lowest BCUT2D eigenvalue weighted by Crippen LogP contribution is -2.46. The molecule has 2 nitrogen and oxygen atoms in total. The summed E-state index contributed by atoms with van der Waals surface area (Å²) in [4.78, 5) is 2.49. The molecule has 2 unspecified atom stereocenters. The van der Waals surface area contributed by atoms with Gasteiger partial charge in [-0.15, -0.1) is 0 Å². The fourth-order valence-electron chi connectivity index (χ4n) is 2.38. The third kappa shape index (κ3) is 3.54. The van der Waals surface area contributed by atoms with E-state index in [1.54, 1.807) is 0 Å². The number of morpholine rings is 1. The third-order valence-electron chi connectivity index (χ3n) is 3.23. The highest BCUT2D eigenvalue weighted by Crippen LogP contribution is 2.17. The molecule has 2 rings (SSSR count). The van der Waals surface area contributed by atoms with Crippen molar-refractivity contribution >= 4 is 15.9 Å². The Labute approximate surface area is 112 Å². The Kier molecular flexibility index (Phi) is 4.60. The van der Waals surface area contributed by atoms with E-state index in [1.807, 2.05) is 0 Å². The maximum absolute atomic E-state index is 5.85. The van der Waals surface area contributed by atoms with Gasteiger partial charge in [0.2, 0.25) is 0 Å². The second kappa shape index (κ2) is 5.98. The highest BCUT2D eigenvalue weighted by molar-refractivity contribution is 9.09. The van der Waals surface area contributed by atoms with Gasteiger partial charge in [0.1, 0.15) is 0 Å². The van der Waals surface area contributed by atoms with Crippen molar-refractivity contribution in [2.75, 3.05) is 18.4 Å². The van der Waals surface area contributed by atoms with Crippen molar-refractivity contribution in [2.24, 2.45) is 0 Å². The molecule has 1 aliphatic rings. The molecule has 0 spiro atoms. The van der Waals surface area contributed by atoms with Crippen molar-refractivity contribution in [1.29, 1.82) is 0 Å². The molecule has 3 heteroatoms. The molecular formula is C14H20BrNO. The van der Waals surface area contributed by atoms with Crippen molar-refractivity contribution in [1.82, 2.24) is 4.90 Å². The highest BCUT2D eigenvalue weighted by atomic mass is 79.9. The number of nitrogens with zero attached hydrogens (tertiary/aromatic N) is 1. The van der Waals surface area contributed by atoms with Gasteiger partial charge in [0.15, 0.2) is 0 Å². The molecule has 17 heavy (non-hydrogen) atoms. The van der Waals surface area contributed by atoms with Crippen LogP contribution in [-0.2, 0) is 11.3 Å². The number of halogens is 1. The normalized spacial score (nSPS) is 26.1. The molecule has 0 aromatic heterocycles. The fourth-order valence-corrected chi connectivity index (χ4v) is 2.74. The summed E-state index contributed by atoms with van der Waals surface area (Å²) in [7, 11) is 0. The van der Waals surface area contributed by atoms with Crippen LogP contribution in [0.25, 0.3) is 0 Å². The molecule has 0 aliphatic carbocycles. The van der Waals surface area contributed by atoms with Crippen LogP contribution in [-0.4, -0.2) is 35.5 Å². The van der Waals surface area contributed by atoms with E-state index in [-0.39, 0.29) is 0 Å². The molecule has 1 fully saturated rings. The Morgan fingerprint density at radius 2 is 2.12 bits per heavy atom. The summed E-state index contributed by atoms with van der Waals surface area (Å²) < 4.78 is 5.85. The van der Waals surface area contributed by atoms with E-state index >= 15 is 0 Å². The van der Waals surface area contributed by atoms with Crippen LogP contribution in [0.5, 0.6) is 0 Å². The van der Waals surface area contributed by atoms with E-state index in [9.17, 15) is 0 Å². The summed E-state index contributed by atoms with van der Waals surface area (Å²) in [6.45, 7) is 7.41. The molecular weight excluding hydrogens is 278 g/mol. The number of rotatable bonds is 3. The van der Waals surface area contributed by atoms with Crippen LogP contribution in [0.3, 0.4) is 0 Å². The number of ether oxygens (including phenoxy) is 1. The highest BCUT2D eigenvalue weighted by Gasteiger charge is 2.24. The molecule has 2 atom stereocenters. The monoisotopic (exact) mass is 297 g/mol. The van der Waals surface area contributed by atoms with Crippen molar-refractivity contribution in [2.45, 2.75) is 32.6 Å². The molecule has 1 aromatic carbocycles. The second-order valence-electron chi connectivity index (χ2n) is 4.84. The third-order valence-corrected chi connectivity index (χ3v) is 3.95. The number of hydrogen-bond acceptors (Lipinski definition) is 2. The van der Waals surface area contributed by atoms with E-state index < -0.39 is 0 Å². The molecule has 94 valence electrons. The summed E-state index contributed by atoms with van der Waals surface area (Å²) in [6.07, 6.45) is 0.651. The van der Waals surface area contributed by atoms with Crippen LogP contribution in [0.2, 0.25) is 0 Å². The van der Waals surface area contributed by atoms with Crippen LogP contribution in [0.1, 0.15) is 18.1 Å². The van der Waals surface area contributed by atoms with E-state index in [0.717, 1.165) is 25.0 Å². The minimum Gasteiger partial charge on any atom is -0.372 e. The molecule has 1 heterocycles. The maximum Gasteiger partial charge on any atom is 0.0802 e. The first-order valence-electron chi connectivity index (χ1n) is 6.17. The van der Waals surface area contributed by atoms with Gasteiger partial charge in [-0.05, 0) is 25.0 Å². The van der Waals surface area contributed by atoms with Gasteiger partial charge in [-0.25, -0.2) is 0 Å². The lowest BCUT2D eigenvalue weighted by molar-refractivity contribution is -0.0678. The topological polar surface area (TPSA) is 12.5 Å². The Morgan fingerprint density at radius 1 is 1.35 bits per heavy atom. The van der Waals surface area contributed by atoms with Crippen molar-refractivity contribution in [3.8, 4) is 0 Å². The Balaban J connectivity index is 2.01. The number of hydrogen-bond donors (Lipinski definition) is 0. The molecule has 1 aromatic rings. The zero-order valence-corrected chi connectivity index (χ0v) is 12.1. The van der Waals surface area contributed by atoms with Crippen molar-refractivity contribution < 1.29 is 4.74 Å². The largest absolute Gasteiger partial charge is 0.372 e. The molecule has 0 N–H and O–H groups in total. The number of benzene rings is 1. The van der Waals surface area contributed by atoms with E-state index in [1.165, 1.54) is 11.1 Å². The zero-order valence-electron chi connectivity index (χ0n) is 10.5. The minimum absolute atomic E-state index is 0.322. The molecule has 1 saturated heterocycles. The summed E-state index contributed by atoms with van der Waals surface area (Å²) in [5.41, 5.74) is 2.80. The van der Waals surface area contributed by atoms with Gasteiger partial charge >= 0.3 is 0 Å². The van der Waals surface area contributed by atoms with Crippen LogP contribution in [0.15, 0.2) is 24.3 Å². The van der Waals surface area contributed by atoms with Gasteiger partial charge in [0.25, 0.3) is 0 Å². The second-order valence-corrected chi connectivity index (χ2v) is 5.49. The average Bonchev–Trinajstić information content (AvgIpc) is 2.31. The first kappa shape index (κ1) is 13.1. The summed E-state index contributed by atoms with van der Waals surface area (Å²) >= 11 is 3.51. The van der Waals surface area contributed by atoms with Crippen LogP contribution in [0.4, 0.5) is 0 Å². The van der Waals surface area contributed by atoms with E-state index in [4.69, 9.17) is 4.74 Å². The SMILES string of the molecule is Cc1ccccc1CN1CC(C)OC(CBr)C1. The molecule has 0 bridgehead atoms. The quantitative estimate of drug-likeness (QED) is 0.796. The summed E-state index contributed by atoms with van der Waals surface area (Å²) in [5, 5.41) is 0.918. The fraction of sp³-hybridized carbons (Fsp3) is 0.571. The van der Waals surface area contributed by atoms with Gasteiger partial charge in [0.05, 0.1) is 12.2 Å². The zero-order chi connectivity index (χ0) is 12.3. The Morgan fingerprint density at radius 3 is 2.82 bits per heavy atom. The summed E-state index contributed by atoms with van der Waals surface area (Å²) in [6, 6.07) is 8.62. The van der Waals surface area contributed by atoms with Crippen molar-refractivity contribution in [3.63, 3.8) is 0 Å². The van der Waals surface area contributed by atoms with Crippen LogP contribution >= 0.6 is 15.9 Å². The van der Waals surface area contributed by atoms with Gasteiger partial charge in [-0.3, -0.25) is 4.90 Å². The van der Waals surface area contributed by atoms with Gasteiger partial charge in [0, 0.05) is 25.0 Å². The standard InChI is InChI=1S/C14H20BrNO/c1-11-5-3-4-6-13(11)9-16-8-12(2)17-14(7-15)10-16/h3-6,12,14H,7-10H2,1-2H3. The molecule has 0 saturated carbocycles.